The molecule has 2 rings (SSSR count). The number of hydrogen-bond donors (Lipinski definition) is 4. The van der Waals surface area contributed by atoms with E-state index < -0.39 is 36.3 Å². The van der Waals surface area contributed by atoms with Crippen molar-refractivity contribution < 1.29 is 44.3 Å². The number of isothiocyanates is 1. The second kappa shape index (κ2) is 13.4. The summed E-state index contributed by atoms with van der Waals surface area (Å²) in [5.41, 5.74) is 0.536. The van der Waals surface area contributed by atoms with Crippen LogP contribution in [-0.2, 0) is 4.79 Å². The number of aliphatic carboxylic acids is 1. The summed E-state index contributed by atoms with van der Waals surface area (Å²) in [6.45, 7) is 0.444. The van der Waals surface area contributed by atoms with E-state index >= 15 is 0 Å². The van der Waals surface area contributed by atoms with Crippen LogP contribution in [0.25, 0.3) is 0 Å². The molecular weight excluding hydrogens is 510 g/mol. The Labute approximate surface area is 217 Å². The van der Waals surface area contributed by atoms with Crippen LogP contribution in [0.15, 0.2) is 23.2 Å². The minimum absolute atomic E-state index is 0.102. The van der Waals surface area contributed by atoms with Gasteiger partial charge in [0.15, 0.2) is 0 Å². The van der Waals surface area contributed by atoms with Gasteiger partial charge < -0.3 is 39.9 Å². The molecule has 15 heteroatoms. The third-order valence-corrected chi connectivity index (χ3v) is 6.11. The maximum atomic E-state index is 12.6. The van der Waals surface area contributed by atoms with E-state index in [1.165, 1.54) is 24.1 Å². The zero-order valence-corrected chi connectivity index (χ0v) is 21.1. The maximum absolute atomic E-state index is 12.6. The van der Waals surface area contributed by atoms with E-state index in [9.17, 15) is 39.6 Å². The normalized spacial score (nSPS) is 18.5. The number of carboxylic acids is 1. The van der Waals surface area contributed by atoms with Crippen LogP contribution in [0.4, 0.5) is 20.1 Å². The number of aliphatic imine (C=N–C) groups is 1. The number of benzene rings is 1. The zero-order chi connectivity index (χ0) is 27.7. The van der Waals surface area contributed by atoms with Gasteiger partial charge >= 0.3 is 24.2 Å². The van der Waals surface area contributed by atoms with Crippen molar-refractivity contribution in [3.05, 3.63) is 23.8 Å². The Bertz CT molecular complexity index is 1060. The quantitative estimate of drug-likeness (QED) is 0.318. The van der Waals surface area contributed by atoms with E-state index in [0.717, 1.165) is 14.7 Å². The summed E-state index contributed by atoms with van der Waals surface area (Å²) in [6.07, 6.45) is -3.91. The van der Waals surface area contributed by atoms with Gasteiger partial charge in [-0.1, -0.05) is 0 Å². The van der Waals surface area contributed by atoms with Gasteiger partial charge in [-0.25, -0.2) is 14.4 Å². The van der Waals surface area contributed by atoms with Gasteiger partial charge in [-0.3, -0.25) is 9.69 Å². The highest BCUT2D eigenvalue weighted by molar-refractivity contribution is 7.78. The van der Waals surface area contributed by atoms with Gasteiger partial charge in [-0.05, 0) is 37.3 Å². The fourth-order valence-electron chi connectivity index (χ4n) is 4.13. The first-order valence-electron chi connectivity index (χ1n) is 11.2. The van der Waals surface area contributed by atoms with Crippen molar-refractivity contribution in [2.24, 2.45) is 4.99 Å². The molecule has 1 aliphatic heterocycles. The van der Waals surface area contributed by atoms with Gasteiger partial charge in [0.05, 0.1) is 18.0 Å². The van der Waals surface area contributed by atoms with Crippen molar-refractivity contribution in [2.75, 3.05) is 52.9 Å². The smallest absolute Gasteiger partial charge is 0.407 e. The minimum atomic E-state index is -1.37. The van der Waals surface area contributed by atoms with Crippen LogP contribution in [0, 0.1) is 0 Å². The highest BCUT2D eigenvalue weighted by Crippen LogP contribution is 2.34. The molecule has 2 unspecified atom stereocenters. The van der Waals surface area contributed by atoms with Crippen molar-refractivity contribution >= 4 is 47.3 Å². The van der Waals surface area contributed by atoms with Crippen molar-refractivity contribution in [2.45, 2.75) is 19.0 Å². The lowest BCUT2D eigenvalue weighted by atomic mass is 10.0. The standard InChI is InChI=1S/C22H29N5O9S/c1-14-12-26(22(34)35)8-7-24(20(30)31)5-6-25(21(32)33)9-10-27(14)18(19(28)29)16-11-15(23-13-37)3-4-17(16)36-2/h3-4,11,14,18H,5-10,12H2,1-2H3,(H,28,29)(H,30,31)(H,32,33)(H,34,35). The summed E-state index contributed by atoms with van der Waals surface area (Å²) in [5.74, 6) is -1.04. The first-order valence-corrected chi connectivity index (χ1v) is 11.6. The first-order chi connectivity index (χ1) is 17.5. The van der Waals surface area contributed by atoms with Gasteiger partial charge in [-0.15, -0.1) is 0 Å². The number of nitrogens with zero attached hydrogens (tertiary/aromatic N) is 5. The summed E-state index contributed by atoms with van der Waals surface area (Å²) in [6, 6.07) is 2.45. The molecule has 37 heavy (non-hydrogen) atoms. The lowest BCUT2D eigenvalue weighted by Gasteiger charge is -2.39. The van der Waals surface area contributed by atoms with E-state index in [0.29, 0.717) is 5.69 Å². The predicted molar refractivity (Wildman–Crippen MR) is 133 cm³/mol. The van der Waals surface area contributed by atoms with Gasteiger partial charge in [0.1, 0.15) is 11.8 Å². The molecule has 1 heterocycles. The SMILES string of the molecule is COc1ccc(N=C=S)cc1C(C(=O)O)N1CCN(C(=O)O)CCN(C(=O)O)CCN(C(=O)O)CC1C. The molecule has 4 N–H and O–H groups in total. The summed E-state index contributed by atoms with van der Waals surface area (Å²) in [7, 11) is 1.37. The Hall–Kier alpha value is -3.94. The first kappa shape index (κ1) is 29.3. The van der Waals surface area contributed by atoms with Crippen molar-refractivity contribution in [3.63, 3.8) is 0 Å². The van der Waals surface area contributed by atoms with E-state index in [1.54, 1.807) is 13.0 Å². The van der Waals surface area contributed by atoms with Crippen LogP contribution < -0.4 is 4.74 Å². The highest BCUT2D eigenvalue weighted by Gasteiger charge is 2.35. The number of carbonyl (C=O) groups is 4. The lowest BCUT2D eigenvalue weighted by Crippen LogP contribution is -2.53. The molecule has 1 aromatic carbocycles. The topological polar surface area (TPSA) is 184 Å². The fraction of sp³-hybridized carbons (Fsp3) is 0.500. The van der Waals surface area contributed by atoms with E-state index in [-0.39, 0.29) is 57.1 Å². The zero-order valence-electron chi connectivity index (χ0n) is 20.3. The number of carboxylic acid groups (broad SMARTS) is 4. The van der Waals surface area contributed by atoms with Crippen molar-refractivity contribution in [1.82, 2.24) is 19.6 Å². The molecule has 1 aliphatic rings. The Morgan fingerprint density at radius 3 is 1.92 bits per heavy atom. The van der Waals surface area contributed by atoms with Crippen molar-refractivity contribution in [1.29, 1.82) is 0 Å². The third-order valence-electron chi connectivity index (χ3n) is 6.02. The van der Waals surface area contributed by atoms with Crippen LogP contribution >= 0.6 is 12.2 Å². The van der Waals surface area contributed by atoms with Crippen LogP contribution in [0.5, 0.6) is 5.75 Å². The van der Waals surface area contributed by atoms with Crippen LogP contribution in [0.2, 0.25) is 0 Å². The van der Waals surface area contributed by atoms with Gasteiger partial charge in [0, 0.05) is 57.4 Å². The number of thiocarbonyl (C=S) groups is 1. The van der Waals surface area contributed by atoms with Crippen molar-refractivity contribution in [3.8, 4) is 5.75 Å². The van der Waals surface area contributed by atoms with Gasteiger partial charge in [0.25, 0.3) is 0 Å². The average molecular weight is 540 g/mol. The number of methoxy groups -OCH3 is 1. The molecule has 0 saturated carbocycles. The Morgan fingerprint density at radius 2 is 1.46 bits per heavy atom. The molecule has 0 spiro atoms. The largest absolute Gasteiger partial charge is 0.496 e. The second-order valence-electron chi connectivity index (χ2n) is 8.22. The number of ether oxygens (including phenoxy) is 1. The molecule has 14 nitrogen and oxygen atoms in total. The fourth-order valence-corrected chi connectivity index (χ4v) is 4.23. The number of amides is 3. The Kier molecular flexibility index (Phi) is 10.6. The molecule has 0 aromatic heterocycles. The lowest BCUT2D eigenvalue weighted by molar-refractivity contribution is -0.144. The molecule has 0 radical (unpaired) electrons. The Balaban J connectivity index is 2.57. The highest BCUT2D eigenvalue weighted by atomic mass is 32.1. The predicted octanol–water partition coefficient (Wildman–Crippen LogP) is 2.20. The monoisotopic (exact) mass is 539 g/mol. The average Bonchev–Trinajstić information content (AvgIpc) is 2.82. The third kappa shape index (κ3) is 7.77. The van der Waals surface area contributed by atoms with Gasteiger partial charge in [-0.2, -0.15) is 4.99 Å². The van der Waals surface area contributed by atoms with Crippen LogP contribution in [0.3, 0.4) is 0 Å². The molecule has 1 fully saturated rings. The molecule has 0 aliphatic carbocycles. The van der Waals surface area contributed by atoms with Crippen LogP contribution in [-0.4, -0.2) is 128 Å². The Morgan fingerprint density at radius 1 is 0.946 bits per heavy atom. The van der Waals surface area contributed by atoms with Crippen LogP contribution in [0.1, 0.15) is 18.5 Å². The summed E-state index contributed by atoms with van der Waals surface area (Å²) >= 11 is 4.65. The summed E-state index contributed by atoms with van der Waals surface area (Å²) in [5, 5.41) is 41.3. The number of hydrogen-bond acceptors (Lipinski definition) is 8. The maximum Gasteiger partial charge on any atom is 0.407 e. The summed E-state index contributed by atoms with van der Waals surface area (Å²) in [4.78, 5) is 56.3. The second-order valence-corrected chi connectivity index (χ2v) is 8.41. The molecule has 2 atom stereocenters. The molecule has 202 valence electrons. The van der Waals surface area contributed by atoms with Gasteiger partial charge in [0.2, 0.25) is 0 Å². The molecule has 1 aromatic rings. The minimum Gasteiger partial charge on any atom is -0.496 e. The molecule has 0 bridgehead atoms. The summed E-state index contributed by atoms with van der Waals surface area (Å²) < 4.78 is 5.38. The van der Waals surface area contributed by atoms with E-state index in [2.05, 4.69) is 22.4 Å². The molecule has 3 amide bonds. The van der Waals surface area contributed by atoms with E-state index in [1.807, 2.05) is 0 Å². The van der Waals surface area contributed by atoms with E-state index in [4.69, 9.17) is 4.74 Å². The number of rotatable bonds is 5. The molecule has 1 saturated heterocycles. The molecular formula is C22H29N5O9S.